The number of allylic oxidation sites excluding steroid dienone is 3. The number of fused-ring (bicyclic) bond motifs is 3. The number of pyridine rings is 1. The first kappa shape index (κ1) is 20.9. The average molecular weight is 464 g/mol. The number of imidazole rings is 1. The van der Waals surface area contributed by atoms with Crippen molar-refractivity contribution in [1.29, 1.82) is 0 Å². The van der Waals surface area contributed by atoms with Crippen molar-refractivity contribution in [2.75, 3.05) is 5.32 Å². The first-order chi connectivity index (χ1) is 17.1. The zero-order valence-corrected chi connectivity index (χ0v) is 18.5. The van der Waals surface area contributed by atoms with Gasteiger partial charge in [0.05, 0.1) is 30.2 Å². The number of H-pyrrole nitrogens is 1. The van der Waals surface area contributed by atoms with Gasteiger partial charge < -0.3 is 10.1 Å². The quantitative estimate of drug-likeness (QED) is 0.403. The van der Waals surface area contributed by atoms with Gasteiger partial charge in [0.25, 0.3) is 11.5 Å². The number of carbonyl (C=O) groups is 1. The van der Waals surface area contributed by atoms with Crippen molar-refractivity contribution in [3.63, 3.8) is 0 Å². The Kier molecular flexibility index (Phi) is 4.97. The maximum absolute atomic E-state index is 12.9. The predicted octanol–water partition coefficient (Wildman–Crippen LogP) is 2.86. The number of carbonyl (C=O) groups excluding carboxylic acids is 1. The Balaban J connectivity index is 1.21. The molecule has 1 aromatic carbocycles. The van der Waals surface area contributed by atoms with Crippen molar-refractivity contribution < 1.29 is 9.90 Å². The van der Waals surface area contributed by atoms with E-state index in [0.717, 1.165) is 17.0 Å². The third-order valence-electron chi connectivity index (χ3n) is 5.98. The van der Waals surface area contributed by atoms with Crippen LogP contribution in [0.15, 0.2) is 71.8 Å². The molecule has 1 amide bonds. The molecular formula is C26H20N6O3. The molecule has 0 aliphatic heterocycles. The van der Waals surface area contributed by atoms with Crippen LogP contribution in [0, 0.1) is 5.92 Å². The van der Waals surface area contributed by atoms with E-state index in [1.165, 1.54) is 16.3 Å². The van der Waals surface area contributed by atoms with Crippen LogP contribution in [0.25, 0.3) is 22.9 Å². The van der Waals surface area contributed by atoms with Gasteiger partial charge >= 0.3 is 0 Å². The van der Waals surface area contributed by atoms with Gasteiger partial charge in [-0.05, 0) is 47.0 Å². The molecule has 0 saturated heterocycles. The van der Waals surface area contributed by atoms with Gasteiger partial charge in [-0.15, -0.1) is 0 Å². The first-order valence-electron chi connectivity index (χ1n) is 11.1. The highest BCUT2D eigenvalue weighted by Crippen LogP contribution is 2.44. The molecule has 0 radical (unpaired) electrons. The lowest BCUT2D eigenvalue weighted by Crippen LogP contribution is -2.23. The van der Waals surface area contributed by atoms with E-state index < -0.39 is 0 Å². The van der Waals surface area contributed by atoms with Crippen LogP contribution in [0.5, 0.6) is 0 Å². The van der Waals surface area contributed by atoms with E-state index in [1.807, 2.05) is 12.1 Å². The fourth-order valence-electron chi connectivity index (χ4n) is 4.12. The number of hydrogen-bond donors (Lipinski definition) is 3. The van der Waals surface area contributed by atoms with E-state index in [9.17, 15) is 14.7 Å². The summed E-state index contributed by atoms with van der Waals surface area (Å²) in [5.74, 6) is 0.466. The monoisotopic (exact) mass is 464 g/mol. The Morgan fingerprint density at radius 1 is 1.14 bits per heavy atom. The normalized spacial score (nSPS) is 15.2. The van der Waals surface area contributed by atoms with Crippen molar-refractivity contribution in [2.24, 2.45) is 5.92 Å². The second kappa shape index (κ2) is 8.30. The molecule has 0 spiro atoms. The summed E-state index contributed by atoms with van der Waals surface area (Å²) in [4.78, 5) is 37.1. The second-order valence-corrected chi connectivity index (χ2v) is 8.46. The smallest absolute Gasteiger partial charge is 0.267 e. The zero-order valence-electron chi connectivity index (χ0n) is 18.5. The Bertz CT molecular complexity index is 1600. The van der Waals surface area contributed by atoms with Crippen LogP contribution in [0.1, 0.15) is 32.9 Å². The SMILES string of the molecule is O=C(Nc1nc2c([nH]1)C=CC1C=C21)c1cccc(Cn2nc(-c3cncc(CO)c3)ccc2=O)c1. The Hall–Kier alpha value is -4.63. The van der Waals surface area contributed by atoms with Crippen LogP contribution >= 0.6 is 0 Å². The Labute approximate surface area is 199 Å². The van der Waals surface area contributed by atoms with Crippen molar-refractivity contribution in [1.82, 2.24) is 24.7 Å². The molecule has 1 atom stereocenters. The lowest BCUT2D eigenvalue weighted by Gasteiger charge is -2.09. The standard InChI is InChI=1S/C26H20N6O3/c33-14-16-9-19(12-27-11-16)21-6-7-23(34)32(31-21)13-15-2-1-3-18(8-15)25(35)30-26-28-22-5-4-17-10-20(17)24(22)29-26/h1-12,17,33H,13-14H2,(H2,28,29,30,35). The summed E-state index contributed by atoms with van der Waals surface area (Å²) in [7, 11) is 0. The van der Waals surface area contributed by atoms with Crippen molar-refractivity contribution in [3.05, 3.63) is 105 Å². The molecule has 0 fully saturated rings. The number of aliphatic hydroxyl groups is 1. The minimum atomic E-state index is -0.302. The lowest BCUT2D eigenvalue weighted by atomic mass is 10.1. The maximum atomic E-state index is 12.9. The number of hydrogen-bond acceptors (Lipinski definition) is 6. The molecule has 3 N–H and O–H groups in total. The Morgan fingerprint density at radius 3 is 2.94 bits per heavy atom. The van der Waals surface area contributed by atoms with Gasteiger partial charge in [0.1, 0.15) is 0 Å². The fraction of sp³-hybridized carbons (Fsp3) is 0.115. The third kappa shape index (κ3) is 4.09. The molecule has 2 aliphatic rings. The Morgan fingerprint density at radius 2 is 2.06 bits per heavy atom. The van der Waals surface area contributed by atoms with E-state index >= 15 is 0 Å². The molecule has 9 heteroatoms. The van der Waals surface area contributed by atoms with Gasteiger partial charge in [0, 0.05) is 35.5 Å². The van der Waals surface area contributed by atoms with E-state index in [0.29, 0.717) is 34.3 Å². The van der Waals surface area contributed by atoms with Gasteiger partial charge in [-0.3, -0.25) is 19.9 Å². The minimum absolute atomic E-state index is 0.134. The summed E-state index contributed by atoms with van der Waals surface area (Å²) in [5, 5.41) is 16.6. The number of aromatic nitrogens is 5. The number of rotatable bonds is 6. The summed E-state index contributed by atoms with van der Waals surface area (Å²) in [6, 6.07) is 11.9. The van der Waals surface area contributed by atoms with E-state index in [2.05, 4.69) is 37.5 Å². The van der Waals surface area contributed by atoms with Crippen LogP contribution < -0.4 is 10.9 Å². The highest BCUT2D eigenvalue weighted by Gasteiger charge is 2.31. The molecular weight excluding hydrogens is 444 g/mol. The molecule has 9 nitrogen and oxygen atoms in total. The lowest BCUT2D eigenvalue weighted by molar-refractivity contribution is 0.102. The van der Waals surface area contributed by atoms with Gasteiger partial charge in [0.2, 0.25) is 5.95 Å². The molecule has 2 aliphatic carbocycles. The van der Waals surface area contributed by atoms with Crippen molar-refractivity contribution >= 4 is 23.5 Å². The van der Waals surface area contributed by atoms with E-state index in [1.54, 1.807) is 42.7 Å². The summed E-state index contributed by atoms with van der Waals surface area (Å²) in [5.41, 5.74) is 5.79. The van der Waals surface area contributed by atoms with Crippen LogP contribution in [0.2, 0.25) is 0 Å². The highest BCUT2D eigenvalue weighted by atomic mass is 16.3. The first-order valence-corrected chi connectivity index (χ1v) is 11.1. The van der Waals surface area contributed by atoms with Crippen molar-refractivity contribution in [2.45, 2.75) is 13.2 Å². The molecule has 3 aromatic heterocycles. The zero-order chi connectivity index (χ0) is 23.9. The summed E-state index contributed by atoms with van der Waals surface area (Å²) in [6.07, 6.45) is 9.40. The van der Waals surface area contributed by atoms with Crippen LogP contribution in [0.4, 0.5) is 5.95 Å². The molecule has 4 aromatic rings. The number of aliphatic hydroxyl groups excluding tert-OH is 1. The summed E-state index contributed by atoms with van der Waals surface area (Å²) >= 11 is 0. The van der Waals surface area contributed by atoms with Gasteiger partial charge in [0.15, 0.2) is 0 Å². The molecule has 1 unspecified atom stereocenters. The molecule has 0 bridgehead atoms. The number of benzene rings is 1. The van der Waals surface area contributed by atoms with Crippen molar-refractivity contribution in [3.8, 4) is 11.3 Å². The maximum Gasteiger partial charge on any atom is 0.267 e. The van der Waals surface area contributed by atoms with Gasteiger partial charge in [-0.2, -0.15) is 5.10 Å². The predicted molar refractivity (Wildman–Crippen MR) is 130 cm³/mol. The largest absolute Gasteiger partial charge is 0.392 e. The molecule has 3 heterocycles. The van der Waals surface area contributed by atoms with Crippen LogP contribution in [-0.2, 0) is 13.2 Å². The fourth-order valence-corrected chi connectivity index (χ4v) is 4.12. The molecule has 35 heavy (non-hydrogen) atoms. The van der Waals surface area contributed by atoms with Crippen LogP contribution in [-0.4, -0.2) is 35.7 Å². The van der Waals surface area contributed by atoms with Gasteiger partial charge in [-0.1, -0.05) is 24.3 Å². The van der Waals surface area contributed by atoms with E-state index in [-0.39, 0.29) is 24.6 Å². The number of anilines is 1. The molecule has 172 valence electrons. The number of aromatic amines is 1. The minimum Gasteiger partial charge on any atom is -0.392 e. The number of nitrogens with one attached hydrogen (secondary N) is 2. The summed E-state index contributed by atoms with van der Waals surface area (Å²) < 4.78 is 1.34. The molecule has 6 rings (SSSR count). The highest BCUT2D eigenvalue weighted by molar-refractivity contribution is 6.03. The molecule has 0 saturated carbocycles. The third-order valence-corrected chi connectivity index (χ3v) is 5.98. The van der Waals surface area contributed by atoms with Crippen LogP contribution in [0.3, 0.4) is 0 Å². The van der Waals surface area contributed by atoms with E-state index in [4.69, 9.17) is 0 Å². The topological polar surface area (TPSA) is 126 Å². The number of amides is 1. The second-order valence-electron chi connectivity index (χ2n) is 8.46. The summed E-state index contributed by atoms with van der Waals surface area (Å²) in [6.45, 7) is 0.0569. The number of nitrogens with zero attached hydrogens (tertiary/aromatic N) is 4. The average Bonchev–Trinajstić information content (AvgIpc) is 3.57. The van der Waals surface area contributed by atoms with Gasteiger partial charge in [-0.25, -0.2) is 9.67 Å².